The third-order valence-corrected chi connectivity index (χ3v) is 4.81. The van der Waals surface area contributed by atoms with E-state index in [0.717, 1.165) is 23.9 Å². The van der Waals surface area contributed by atoms with Gasteiger partial charge in [-0.3, -0.25) is 28.9 Å². The minimum Gasteiger partial charge on any atom is -0.487 e. The van der Waals surface area contributed by atoms with Crippen molar-refractivity contribution < 1.29 is 14.3 Å². The lowest BCUT2D eigenvalue weighted by molar-refractivity contribution is 0.0880. The van der Waals surface area contributed by atoms with Gasteiger partial charge in [-0.15, -0.1) is 0 Å². The van der Waals surface area contributed by atoms with Gasteiger partial charge in [0.1, 0.15) is 18.2 Å². The first-order chi connectivity index (χ1) is 13.9. The van der Waals surface area contributed by atoms with E-state index in [-0.39, 0.29) is 23.6 Å². The Bertz CT molecular complexity index is 1210. The SMILES string of the molecule is CCn1cc(COc2ccccc2-n2c(N)c3c(cc2=O)C(=O)NC3=O)c(C)n1. The third-order valence-electron chi connectivity index (χ3n) is 4.81. The topological polar surface area (TPSA) is 121 Å². The van der Waals surface area contributed by atoms with Crippen LogP contribution in [0.15, 0.2) is 41.3 Å². The molecule has 3 aromatic rings. The first kappa shape index (κ1) is 18.5. The molecule has 1 aromatic carbocycles. The predicted molar refractivity (Wildman–Crippen MR) is 105 cm³/mol. The van der Waals surface area contributed by atoms with Gasteiger partial charge in [0.15, 0.2) is 0 Å². The fraction of sp³-hybridized carbons (Fsp3) is 0.200. The van der Waals surface area contributed by atoms with Gasteiger partial charge in [0.25, 0.3) is 17.4 Å². The maximum Gasteiger partial charge on any atom is 0.262 e. The molecule has 4 rings (SSSR count). The Morgan fingerprint density at radius 1 is 1.17 bits per heavy atom. The number of para-hydroxylation sites is 2. The first-order valence-corrected chi connectivity index (χ1v) is 9.07. The highest BCUT2D eigenvalue weighted by atomic mass is 16.5. The predicted octanol–water partition coefficient (Wildman–Crippen LogP) is 1.41. The molecule has 0 unspecified atom stereocenters. The Balaban J connectivity index is 1.75. The summed E-state index contributed by atoms with van der Waals surface area (Å²) in [7, 11) is 0. The number of imide groups is 1. The quantitative estimate of drug-likeness (QED) is 0.632. The molecule has 2 amide bonds. The number of nitrogens with two attached hydrogens (primary N) is 1. The summed E-state index contributed by atoms with van der Waals surface area (Å²) in [5, 5.41) is 6.54. The van der Waals surface area contributed by atoms with Crippen LogP contribution in [0.1, 0.15) is 38.9 Å². The fourth-order valence-electron chi connectivity index (χ4n) is 3.31. The Morgan fingerprint density at radius 2 is 1.93 bits per heavy atom. The maximum atomic E-state index is 12.7. The van der Waals surface area contributed by atoms with Crippen LogP contribution in [-0.2, 0) is 13.2 Å². The number of anilines is 1. The molecule has 2 aromatic heterocycles. The van der Waals surface area contributed by atoms with E-state index in [0.29, 0.717) is 11.4 Å². The van der Waals surface area contributed by atoms with E-state index in [1.54, 1.807) is 24.3 Å². The molecule has 0 radical (unpaired) electrons. The lowest BCUT2D eigenvalue weighted by Crippen LogP contribution is -2.24. The molecule has 0 aliphatic carbocycles. The number of fused-ring (bicyclic) bond motifs is 1. The van der Waals surface area contributed by atoms with Gasteiger partial charge in [-0.1, -0.05) is 12.1 Å². The highest BCUT2D eigenvalue weighted by Gasteiger charge is 2.32. The lowest BCUT2D eigenvalue weighted by atomic mass is 10.1. The minimum atomic E-state index is -0.631. The van der Waals surface area contributed by atoms with Crippen molar-refractivity contribution in [1.29, 1.82) is 0 Å². The van der Waals surface area contributed by atoms with Crippen LogP contribution in [0.2, 0.25) is 0 Å². The van der Waals surface area contributed by atoms with Gasteiger partial charge in [-0.25, -0.2) is 0 Å². The zero-order valence-corrected chi connectivity index (χ0v) is 15.9. The molecule has 0 spiro atoms. The maximum absolute atomic E-state index is 12.7. The van der Waals surface area contributed by atoms with Crippen LogP contribution in [0, 0.1) is 6.92 Å². The smallest absolute Gasteiger partial charge is 0.262 e. The molecule has 0 atom stereocenters. The highest BCUT2D eigenvalue weighted by Crippen LogP contribution is 2.28. The van der Waals surface area contributed by atoms with E-state index in [4.69, 9.17) is 10.5 Å². The molecule has 9 nitrogen and oxygen atoms in total. The number of aryl methyl sites for hydroxylation is 2. The Hall–Kier alpha value is -3.88. The van der Waals surface area contributed by atoms with Crippen LogP contribution >= 0.6 is 0 Å². The molecule has 3 N–H and O–H groups in total. The van der Waals surface area contributed by atoms with E-state index in [1.165, 1.54) is 4.57 Å². The first-order valence-electron chi connectivity index (χ1n) is 9.07. The number of ether oxygens (including phenoxy) is 1. The van der Waals surface area contributed by atoms with Crippen molar-refractivity contribution in [3.8, 4) is 11.4 Å². The molecule has 1 aliphatic rings. The third kappa shape index (κ3) is 3.06. The molecular weight excluding hydrogens is 374 g/mol. The normalized spacial score (nSPS) is 12.8. The average molecular weight is 393 g/mol. The number of nitrogen functional groups attached to an aromatic ring is 1. The molecular formula is C20H19N5O4. The summed E-state index contributed by atoms with van der Waals surface area (Å²) in [4.78, 5) is 36.6. The summed E-state index contributed by atoms with van der Waals surface area (Å²) in [5.41, 5.74) is 7.72. The van der Waals surface area contributed by atoms with Crippen molar-refractivity contribution in [2.45, 2.75) is 27.0 Å². The number of carbonyl (C=O) groups is 2. The monoisotopic (exact) mass is 393 g/mol. The molecule has 9 heteroatoms. The van der Waals surface area contributed by atoms with Gasteiger partial charge in [0.05, 0.1) is 22.5 Å². The minimum absolute atomic E-state index is 0.00975. The van der Waals surface area contributed by atoms with Crippen molar-refractivity contribution in [1.82, 2.24) is 19.7 Å². The van der Waals surface area contributed by atoms with E-state index in [9.17, 15) is 14.4 Å². The van der Waals surface area contributed by atoms with Gasteiger partial charge < -0.3 is 10.5 Å². The van der Waals surface area contributed by atoms with Crippen LogP contribution < -0.4 is 21.3 Å². The molecule has 0 bridgehead atoms. The van der Waals surface area contributed by atoms with E-state index >= 15 is 0 Å². The zero-order chi connectivity index (χ0) is 20.7. The molecule has 0 saturated heterocycles. The van der Waals surface area contributed by atoms with E-state index in [1.807, 2.05) is 24.7 Å². The number of pyridine rings is 1. The number of aromatic nitrogens is 3. The Kier molecular flexibility index (Phi) is 4.42. The summed E-state index contributed by atoms with van der Waals surface area (Å²) in [6, 6.07) is 7.98. The van der Waals surface area contributed by atoms with Gasteiger partial charge in [0.2, 0.25) is 0 Å². The number of amides is 2. The van der Waals surface area contributed by atoms with Crippen molar-refractivity contribution in [3.63, 3.8) is 0 Å². The van der Waals surface area contributed by atoms with E-state index in [2.05, 4.69) is 10.4 Å². The largest absolute Gasteiger partial charge is 0.487 e. The molecule has 1 aliphatic heterocycles. The summed E-state index contributed by atoms with van der Waals surface area (Å²) < 4.78 is 8.95. The summed E-state index contributed by atoms with van der Waals surface area (Å²) in [5.74, 6) is -0.956. The number of nitrogens with one attached hydrogen (secondary N) is 1. The van der Waals surface area contributed by atoms with Crippen LogP contribution in [0.25, 0.3) is 5.69 Å². The zero-order valence-electron chi connectivity index (χ0n) is 15.9. The average Bonchev–Trinajstić information content (AvgIpc) is 3.19. The number of hydrogen-bond acceptors (Lipinski definition) is 6. The van der Waals surface area contributed by atoms with E-state index < -0.39 is 17.4 Å². The van der Waals surface area contributed by atoms with Crippen LogP contribution in [0.3, 0.4) is 0 Å². The van der Waals surface area contributed by atoms with Crippen molar-refractivity contribution in [3.05, 3.63) is 69.3 Å². The van der Waals surface area contributed by atoms with Crippen molar-refractivity contribution >= 4 is 17.6 Å². The van der Waals surface area contributed by atoms with Crippen LogP contribution in [0.4, 0.5) is 5.82 Å². The number of carbonyl (C=O) groups excluding carboxylic acids is 2. The second kappa shape index (κ2) is 6.93. The molecule has 148 valence electrons. The Morgan fingerprint density at radius 3 is 2.66 bits per heavy atom. The molecule has 0 saturated carbocycles. The van der Waals surface area contributed by atoms with Crippen molar-refractivity contribution in [2.75, 3.05) is 5.73 Å². The second-order valence-electron chi connectivity index (χ2n) is 6.63. The lowest BCUT2D eigenvalue weighted by Gasteiger charge is -2.16. The Labute approximate surface area is 165 Å². The van der Waals surface area contributed by atoms with Gasteiger partial charge in [-0.05, 0) is 26.0 Å². The number of rotatable bonds is 5. The standard InChI is InChI=1S/C20H19N5O4/c1-3-24-9-12(11(2)23-24)10-29-15-7-5-4-6-14(15)25-16(26)8-13-17(18(25)21)20(28)22-19(13)27/h4-9H,3,10,21H2,1-2H3,(H,22,27,28). The molecule has 0 fully saturated rings. The van der Waals surface area contributed by atoms with Crippen molar-refractivity contribution in [2.24, 2.45) is 0 Å². The van der Waals surface area contributed by atoms with Crippen LogP contribution in [-0.4, -0.2) is 26.2 Å². The number of hydrogen-bond donors (Lipinski definition) is 2. The van der Waals surface area contributed by atoms with Gasteiger partial charge in [0, 0.05) is 24.4 Å². The van der Waals surface area contributed by atoms with Gasteiger partial charge >= 0.3 is 0 Å². The molecule has 29 heavy (non-hydrogen) atoms. The summed E-state index contributed by atoms with van der Waals surface area (Å²) in [6.07, 6.45) is 1.91. The fourth-order valence-corrected chi connectivity index (χ4v) is 3.31. The summed E-state index contributed by atoms with van der Waals surface area (Å²) in [6.45, 7) is 4.90. The number of benzene rings is 1. The molecule has 3 heterocycles. The number of nitrogens with zero attached hydrogens (tertiary/aromatic N) is 3. The van der Waals surface area contributed by atoms with Gasteiger partial charge in [-0.2, -0.15) is 5.10 Å². The van der Waals surface area contributed by atoms with Crippen LogP contribution in [0.5, 0.6) is 5.75 Å². The summed E-state index contributed by atoms with van der Waals surface area (Å²) >= 11 is 0. The highest BCUT2D eigenvalue weighted by molar-refractivity contribution is 6.23. The second-order valence-corrected chi connectivity index (χ2v) is 6.63.